The van der Waals surface area contributed by atoms with Gasteiger partial charge in [0.25, 0.3) is 0 Å². The summed E-state index contributed by atoms with van der Waals surface area (Å²) >= 11 is 0. The number of hydrogen-bond donors (Lipinski definition) is 1. The summed E-state index contributed by atoms with van der Waals surface area (Å²) in [5.74, 6) is 0. The Labute approximate surface area is 108 Å². The molecule has 0 aliphatic heterocycles. The molecule has 0 atom stereocenters. The molecule has 104 valence electrons. The Hall–Kier alpha value is -0.120. The minimum Gasteiger partial charge on any atom is -0.382 e. The minimum atomic E-state index is 0.844. The fourth-order valence-electron chi connectivity index (χ4n) is 1.93. The molecule has 0 fully saturated rings. The first-order valence-electron chi connectivity index (χ1n) is 7.35. The van der Waals surface area contributed by atoms with Crippen molar-refractivity contribution in [1.29, 1.82) is 0 Å². The van der Waals surface area contributed by atoms with Crippen LogP contribution < -0.4 is 5.32 Å². The lowest BCUT2D eigenvalue weighted by molar-refractivity contribution is 0.143. The fraction of sp³-hybridized carbons (Fsp3) is 1.00. The summed E-state index contributed by atoms with van der Waals surface area (Å²) in [5.41, 5.74) is 0. The van der Waals surface area contributed by atoms with Crippen LogP contribution in [0.3, 0.4) is 0 Å². The van der Waals surface area contributed by atoms with Crippen molar-refractivity contribution in [1.82, 2.24) is 10.2 Å². The summed E-state index contributed by atoms with van der Waals surface area (Å²) in [6.45, 7) is 14.2. The number of ether oxygens (including phenoxy) is 1. The molecular formula is C14H32N2O. The summed E-state index contributed by atoms with van der Waals surface area (Å²) < 4.78 is 5.31. The number of rotatable bonds is 13. The number of hydrogen-bond acceptors (Lipinski definition) is 3. The average molecular weight is 244 g/mol. The van der Waals surface area contributed by atoms with E-state index >= 15 is 0 Å². The molecular weight excluding hydrogens is 212 g/mol. The van der Waals surface area contributed by atoms with Crippen molar-refractivity contribution in [3.8, 4) is 0 Å². The standard InChI is InChI=1S/C14H32N2O/c1-4-11-16(12-5-2)13-10-15-9-7-8-14-17-6-3/h15H,4-14H2,1-3H3. The maximum Gasteiger partial charge on any atom is 0.0466 e. The van der Waals surface area contributed by atoms with Gasteiger partial charge < -0.3 is 15.0 Å². The van der Waals surface area contributed by atoms with Crippen LogP contribution in [-0.4, -0.2) is 50.8 Å². The Bertz CT molecular complexity index is 136. The van der Waals surface area contributed by atoms with Gasteiger partial charge in [-0.05, 0) is 52.2 Å². The number of nitrogens with one attached hydrogen (secondary N) is 1. The van der Waals surface area contributed by atoms with Crippen LogP contribution in [0.1, 0.15) is 46.5 Å². The van der Waals surface area contributed by atoms with E-state index in [0.29, 0.717) is 0 Å². The topological polar surface area (TPSA) is 24.5 Å². The summed E-state index contributed by atoms with van der Waals surface area (Å²) in [5, 5.41) is 3.51. The Morgan fingerprint density at radius 1 is 0.882 bits per heavy atom. The Balaban J connectivity index is 3.23. The third-order valence-corrected chi connectivity index (χ3v) is 2.78. The summed E-state index contributed by atoms with van der Waals surface area (Å²) in [7, 11) is 0. The van der Waals surface area contributed by atoms with Gasteiger partial charge in [-0.15, -0.1) is 0 Å². The van der Waals surface area contributed by atoms with Crippen molar-refractivity contribution < 1.29 is 4.74 Å². The van der Waals surface area contributed by atoms with E-state index in [-0.39, 0.29) is 0 Å². The molecule has 0 aromatic heterocycles. The summed E-state index contributed by atoms with van der Waals surface area (Å²) in [4.78, 5) is 2.55. The number of nitrogens with zero attached hydrogens (tertiary/aromatic N) is 1. The van der Waals surface area contributed by atoms with Crippen molar-refractivity contribution in [3.05, 3.63) is 0 Å². The highest BCUT2D eigenvalue weighted by Gasteiger charge is 2.00. The quantitative estimate of drug-likeness (QED) is 0.504. The minimum absolute atomic E-state index is 0.844. The Morgan fingerprint density at radius 3 is 2.18 bits per heavy atom. The lowest BCUT2D eigenvalue weighted by Crippen LogP contribution is -2.33. The van der Waals surface area contributed by atoms with Gasteiger partial charge in [-0.3, -0.25) is 0 Å². The van der Waals surface area contributed by atoms with E-state index in [1.807, 2.05) is 6.92 Å². The molecule has 17 heavy (non-hydrogen) atoms. The van der Waals surface area contributed by atoms with E-state index in [1.54, 1.807) is 0 Å². The second-order valence-corrected chi connectivity index (χ2v) is 4.50. The molecule has 0 aliphatic rings. The maximum atomic E-state index is 5.31. The van der Waals surface area contributed by atoms with E-state index in [0.717, 1.165) is 26.3 Å². The van der Waals surface area contributed by atoms with Crippen molar-refractivity contribution >= 4 is 0 Å². The molecule has 0 heterocycles. The van der Waals surface area contributed by atoms with Gasteiger partial charge in [0.05, 0.1) is 0 Å². The Morgan fingerprint density at radius 2 is 1.59 bits per heavy atom. The normalized spacial score (nSPS) is 11.3. The lowest BCUT2D eigenvalue weighted by Gasteiger charge is -2.20. The van der Waals surface area contributed by atoms with Gasteiger partial charge in [0.2, 0.25) is 0 Å². The van der Waals surface area contributed by atoms with Crippen molar-refractivity contribution in [2.75, 3.05) is 45.9 Å². The largest absolute Gasteiger partial charge is 0.382 e. The molecule has 3 nitrogen and oxygen atoms in total. The summed E-state index contributed by atoms with van der Waals surface area (Å²) in [6, 6.07) is 0. The highest BCUT2D eigenvalue weighted by atomic mass is 16.5. The highest BCUT2D eigenvalue weighted by Crippen LogP contribution is 1.93. The van der Waals surface area contributed by atoms with E-state index in [9.17, 15) is 0 Å². The van der Waals surface area contributed by atoms with Crippen molar-refractivity contribution in [2.24, 2.45) is 0 Å². The third kappa shape index (κ3) is 12.1. The molecule has 0 saturated heterocycles. The predicted octanol–water partition coefficient (Wildman–Crippen LogP) is 2.51. The predicted molar refractivity (Wildman–Crippen MR) is 75.6 cm³/mol. The van der Waals surface area contributed by atoms with Crippen LogP contribution in [0.15, 0.2) is 0 Å². The van der Waals surface area contributed by atoms with Gasteiger partial charge in [-0.2, -0.15) is 0 Å². The molecule has 0 aliphatic carbocycles. The van der Waals surface area contributed by atoms with Crippen LogP contribution in [-0.2, 0) is 4.74 Å². The van der Waals surface area contributed by atoms with Crippen LogP contribution in [0, 0.1) is 0 Å². The first kappa shape index (κ1) is 16.9. The molecule has 0 unspecified atom stereocenters. The van der Waals surface area contributed by atoms with Gasteiger partial charge in [-0.25, -0.2) is 0 Å². The third-order valence-electron chi connectivity index (χ3n) is 2.78. The molecule has 0 amide bonds. The molecule has 1 N–H and O–H groups in total. The zero-order chi connectivity index (χ0) is 12.8. The van der Waals surface area contributed by atoms with E-state index < -0.39 is 0 Å². The van der Waals surface area contributed by atoms with E-state index in [2.05, 4.69) is 24.1 Å². The van der Waals surface area contributed by atoms with Gasteiger partial charge in [-0.1, -0.05) is 13.8 Å². The van der Waals surface area contributed by atoms with Crippen LogP contribution >= 0.6 is 0 Å². The molecule has 0 radical (unpaired) electrons. The SMILES string of the molecule is CCCN(CCC)CCNCCCCOCC. The second kappa shape index (κ2) is 13.9. The van der Waals surface area contributed by atoms with Crippen molar-refractivity contribution in [2.45, 2.75) is 46.5 Å². The Kier molecular flexibility index (Phi) is 13.8. The molecule has 0 bridgehead atoms. The monoisotopic (exact) mass is 244 g/mol. The molecule has 0 rings (SSSR count). The molecule has 0 saturated carbocycles. The van der Waals surface area contributed by atoms with Crippen molar-refractivity contribution in [3.63, 3.8) is 0 Å². The van der Waals surface area contributed by atoms with E-state index in [1.165, 1.54) is 45.3 Å². The summed E-state index contributed by atoms with van der Waals surface area (Å²) in [6.07, 6.45) is 4.92. The zero-order valence-electron chi connectivity index (χ0n) is 12.1. The van der Waals surface area contributed by atoms with Crippen LogP contribution in [0.4, 0.5) is 0 Å². The van der Waals surface area contributed by atoms with Gasteiger partial charge >= 0.3 is 0 Å². The molecule has 0 spiro atoms. The van der Waals surface area contributed by atoms with Gasteiger partial charge in [0, 0.05) is 26.3 Å². The van der Waals surface area contributed by atoms with Crippen LogP contribution in [0.5, 0.6) is 0 Å². The van der Waals surface area contributed by atoms with Gasteiger partial charge in [0.1, 0.15) is 0 Å². The first-order chi connectivity index (χ1) is 8.35. The van der Waals surface area contributed by atoms with Crippen LogP contribution in [0.25, 0.3) is 0 Å². The average Bonchev–Trinajstić information content (AvgIpc) is 2.33. The lowest BCUT2D eigenvalue weighted by atomic mass is 10.3. The first-order valence-corrected chi connectivity index (χ1v) is 7.35. The second-order valence-electron chi connectivity index (χ2n) is 4.50. The molecule has 0 aromatic carbocycles. The van der Waals surface area contributed by atoms with Crippen LogP contribution in [0.2, 0.25) is 0 Å². The zero-order valence-corrected chi connectivity index (χ0v) is 12.1. The smallest absolute Gasteiger partial charge is 0.0466 e. The molecule has 3 heteroatoms. The van der Waals surface area contributed by atoms with E-state index in [4.69, 9.17) is 4.74 Å². The molecule has 0 aromatic rings. The number of unbranched alkanes of at least 4 members (excludes halogenated alkanes) is 1. The maximum absolute atomic E-state index is 5.31. The fourth-order valence-corrected chi connectivity index (χ4v) is 1.93. The van der Waals surface area contributed by atoms with Gasteiger partial charge in [0.15, 0.2) is 0 Å². The highest BCUT2D eigenvalue weighted by molar-refractivity contribution is 4.58.